The summed E-state index contributed by atoms with van der Waals surface area (Å²) >= 11 is 0. The lowest BCUT2D eigenvalue weighted by Gasteiger charge is -2.35. The Bertz CT molecular complexity index is 359. The van der Waals surface area contributed by atoms with Crippen LogP contribution in [0.5, 0.6) is 0 Å². The van der Waals surface area contributed by atoms with Gasteiger partial charge >= 0.3 is 5.97 Å². The molecular weight excluding hydrogens is 254 g/mol. The third-order valence-corrected chi connectivity index (χ3v) is 4.98. The van der Waals surface area contributed by atoms with Gasteiger partial charge in [-0.25, -0.2) is 0 Å². The Morgan fingerprint density at radius 1 is 1.30 bits per heavy atom. The number of carbonyl (C=O) groups excluding carboxylic acids is 1. The van der Waals surface area contributed by atoms with Crippen molar-refractivity contribution in [1.82, 2.24) is 5.32 Å². The van der Waals surface area contributed by atoms with Gasteiger partial charge in [0.25, 0.3) is 0 Å². The van der Waals surface area contributed by atoms with E-state index in [9.17, 15) is 14.7 Å². The molecule has 1 atom stereocenters. The molecule has 1 unspecified atom stereocenters. The molecule has 20 heavy (non-hydrogen) atoms. The number of carboxylic acids is 1. The van der Waals surface area contributed by atoms with Gasteiger partial charge in [0, 0.05) is 12.5 Å². The van der Waals surface area contributed by atoms with E-state index in [4.69, 9.17) is 0 Å². The third kappa shape index (κ3) is 3.97. The van der Waals surface area contributed by atoms with Crippen LogP contribution in [-0.4, -0.2) is 23.5 Å². The molecule has 0 saturated heterocycles. The number of carbonyl (C=O) groups is 2. The molecular formula is C16H29NO3. The molecule has 1 rings (SSSR count). The zero-order valence-corrected chi connectivity index (χ0v) is 13.3. The first-order valence-corrected chi connectivity index (χ1v) is 7.77. The van der Waals surface area contributed by atoms with Crippen LogP contribution in [0.4, 0.5) is 0 Å². The van der Waals surface area contributed by atoms with Crippen molar-refractivity contribution in [2.45, 2.75) is 66.2 Å². The Labute approximate surface area is 122 Å². The van der Waals surface area contributed by atoms with Crippen molar-refractivity contribution < 1.29 is 14.7 Å². The summed E-state index contributed by atoms with van der Waals surface area (Å²) in [5, 5.41) is 12.3. The number of carboxylic acid groups (broad SMARTS) is 1. The quantitative estimate of drug-likeness (QED) is 0.786. The summed E-state index contributed by atoms with van der Waals surface area (Å²) in [6.07, 6.45) is 5.14. The molecule has 2 N–H and O–H groups in total. The van der Waals surface area contributed by atoms with Gasteiger partial charge in [-0.15, -0.1) is 0 Å². The second-order valence-corrected chi connectivity index (χ2v) is 6.97. The highest BCUT2D eigenvalue weighted by atomic mass is 16.4. The van der Waals surface area contributed by atoms with Crippen molar-refractivity contribution in [3.63, 3.8) is 0 Å². The van der Waals surface area contributed by atoms with Crippen LogP contribution in [0.3, 0.4) is 0 Å². The fraction of sp³-hybridized carbons (Fsp3) is 0.875. The molecule has 0 aliphatic heterocycles. The zero-order valence-electron chi connectivity index (χ0n) is 13.3. The molecule has 1 fully saturated rings. The number of amides is 1. The lowest BCUT2D eigenvalue weighted by Crippen LogP contribution is -2.45. The Morgan fingerprint density at radius 2 is 1.90 bits per heavy atom. The van der Waals surface area contributed by atoms with Gasteiger partial charge in [0.2, 0.25) is 5.91 Å². The van der Waals surface area contributed by atoms with E-state index in [1.165, 1.54) is 6.42 Å². The molecule has 1 aliphatic rings. The summed E-state index contributed by atoms with van der Waals surface area (Å²) in [7, 11) is 0. The number of hydrogen-bond donors (Lipinski definition) is 2. The highest BCUT2D eigenvalue weighted by Crippen LogP contribution is 2.38. The minimum atomic E-state index is -0.820. The van der Waals surface area contributed by atoms with Crippen molar-refractivity contribution >= 4 is 11.9 Å². The maximum atomic E-state index is 12.3. The molecule has 4 nitrogen and oxygen atoms in total. The van der Waals surface area contributed by atoms with E-state index in [1.54, 1.807) is 0 Å². The van der Waals surface area contributed by atoms with Crippen LogP contribution in [-0.2, 0) is 9.59 Å². The fourth-order valence-electron chi connectivity index (χ4n) is 3.20. The van der Waals surface area contributed by atoms with Crippen LogP contribution in [0.2, 0.25) is 0 Å². The average molecular weight is 283 g/mol. The maximum Gasteiger partial charge on any atom is 0.311 e. The van der Waals surface area contributed by atoms with Gasteiger partial charge < -0.3 is 10.4 Å². The van der Waals surface area contributed by atoms with Crippen molar-refractivity contribution in [3.05, 3.63) is 0 Å². The SMILES string of the molecule is CCC(CC)(CNC(=O)C1CCCC(C)(C)C1)C(=O)O. The minimum absolute atomic E-state index is 0.0327. The third-order valence-electron chi connectivity index (χ3n) is 4.98. The van der Waals surface area contributed by atoms with Gasteiger partial charge in [0.1, 0.15) is 0 Å². The molecule has 0 bridgehead atoms. The lowest BCUT2D eigenvalue weighted by atomic mass is 9.72. The van der Waals surface area contributed by atoms with Crippen LogP contribution in [0.1, 0.15) is 66.2 Å². The summed E-state index contributed by atoms with van der Waals surface area (Å²) in [5.74, 6) is -0.740. The predicted octanol–water partition coefficient (Wildman–Crippen LogP) is 3.21. The van der Waals surface area contributed by atoms with Crippen molar-refractivity contribution in [2.75, 3.05) is 6.54 Å². The van der Waals surface area contributed by atoms with Gasteiger partial charge in [-0.1, -0.05) is 34.1 Å². The maximum absolute atomic E-state index is 12.3. The van der Waals surface area contributed by atoms with Gasteiger partial charge in [-0.3, -0.25) is 9.59 Å². The first kappa shape index (κ1) is 17.0. The van der Waals surface area contributed by atoms with Crippen molar-refractivity contribution in [1.29, 1.82) is 0 Å². The van der Waals surface area contributed by atoms with E-state index < -0.39 is 11.4 Å². The van der Waals surface area contributed by atoms with E-state index in [0.29, 0.717) is 12.8 Å². The monoisotopic (exact) mass is 283 g/mol. The predicted molar refractivity (Wildman–Crippen MR) is 79.4 cm³/mol. The van der Waals surface area contributed by atoms with E-state index >= 15 is 0 Å². The molecule has 0 spiro atoms. The zero-order chi connectivity index (χ0) is 15.4. The van der Waals surface area contributed by atoms with E-state index in [1.807, 2.05) is 13.8 Å². The second-order valence-electron chi connectivity index (χ2n) is 6.97. The molecule has 1 amide bonds. The minimum Gasteiger partial charge on any atom is -0.481 e. The Kier molecular flexibility index (Phi) is 5.60. The number of rotatable bonds is 6. The topological polar surface area (TPSA) is 66.4 Å². The number of hydrogen-bond acceptors (Lipinski definition) is 2. The van der Waals surface area contributed by atoms with Crippen LogP contribution < -0.4 is 5.32 Å². The largest absolute Gasteiger partial charge is 0.481 e. The van der Waals surface area contributed by atoms with E-state index in [0.717, 1.165) is 19.3 Å². The summed E-state index contributed by atoms with van der Waals surface area (Å²) in [5.41, 5.74) is -0.598. The number of aliphatic carboxylic acids is 1. The van der Waals surface area contributed by atoms with Gasteiger partial charge in [-0.05, 0) is 37.5 Å². The molecule has 0 aromatic heterocycles. The van der Waals surface area contributed by atoms with Gasteiger partial charge in [-0.2, -0.15) is 0 Å². The summed E-state index contributed by atoms with van der Waals surface area (Å²) in [6, 6.07) is 0. The molecule has 116 valence electrons. The normalized spacial score (nSPS) is 22.3. The lowest BCUT2D eigenvalue weighted by molar-refractivity contribution is -0.149. The first-order chi connectivity index (χ1) is 9.26. The highest BCUT2D eigenvalue weighted by molar-refractivity contribution is 5.80. The average Bonchev–Trinajstić information content (AvgIpc) is 2.38. The highest BCUT2D eigenvalue weighted by Gasteiger charge is 2.37. The fourth-order valence-corrected chi connectivity index (χ4v) is 3.20. The summed E-state index contributed by atoms with van der Waals surface area (Å²) < 4.78 is 0. The second kappa shape index (κ2) is 6.59. The Hall–Kier alpha value is -1.06. The van der Waals surface area contributed by atoms with Crippen LogP contribution in [0.25, 0.3) is 0 Å². The summed E-state index contributed by atoms with van der Waals surface area (Å²) in [4.78, 5) is 23.7. The van der Waals surface area contributed by atoms with Crippen LogP contribution in [0, 0.1) is 16.7 Å². The smallest absolute Gasteiger partial charge is 0.311 e. The number of nitrogens with one attached hydrogen (secondary N) is 1. The molecule has 4 heteroatoms. The molecule has 1 aliphatic carbocycles. The molecule has 0 aromatic rings. The van der Waals surface area contributed by atoms with Crippen LogP contribution in [0.15, 0.2) is 0 Å². The molecule has 0 radical (unpaired) electrons. The summed E-state index contributed by atoms with van der Waals surface area (Å²) in [6.45, 7) is 8.38. The van der Waals surface area contributed by atoms with E-state index in [2.05, 4.69) is 19.2 Å². The van der Waals surface area contributed by atoms with Crippen molar-refractivity contribution in [2.24, 2.45) is 16.7 Å². The van der Waals surface area contributed by atoms with Crippen LogP contribution >= 0.6 is 0 Å². The molecule has 0 aromatic carbocycles. The van der Waals surface area contributed by atoms with E-state index in [-0.39, 0.29) is 23.8 Å². The van der Waals surface area contributed by atoms with Crippen molar-refractivity contribution in [3.8, 4) is 0 Å². The molecule has 0 heterocycles. The van der Waals surface area contributed by atoms with Gasteiger partial charge in [0.05, 0.1) is 5.41 Å². The standard InChI is InChI=1S/C16H29NO3/c1-5-16(6-2,14(19)20)11-17-13(18)12-8-7-9-15(3,4)10-12/h12H,5-11H2,1-4H3,(H,17,18)(H,19,20). The first-order valence-electron chi connectivity index (χ1n) is 7.77. The molecule has 1 saturated carbocycles. The van der Waals surface area contributed by atoms with Gasteiger partial charge in [0.15, 0.2) is 0 Å². The Balaban J connectivity index is 2.60. The Morgan fingerprint density at radius 3 is 2.35 bits per heavy atom.